The molecule has 0 radical (unpaired) electrons. The zero-order valence-corrected chi connectivity index (χ0v) is 13.8. The van der Waals surface area contributed by atoms with E-state index in [9.17, 15) is 0 Å². The standard InChI is InChI=1S/C17H23N3O3/c1-20-12(9-15(19-20)14-5-4-8-18-14)11-23-13-6-7-16(21-2)17(10-13)22-3/h6-7,9-10,14,18H,4-5,8,11H2,1-3H3. The fourth-order valence-corrected chi connectivity index (χ4v) is 2.84. The molecule has 0 spiro atoms. The average molecular weight is 317 g/mol. The van der Waals surface area contributed by atoms with Gasteiger partial charge >= 0.3 is 0 Å². The summed E-state index contributed by atoms with van der Waals surface area (Å²) in [6.45, 7) is 1.53. The Bertz CT molecular complexity index is 663. The molecule has 6 heteroatoms. The average Bonchev–Trinajstić information content (AvgIpc) is 3.22. The molecule has 1 aliphatic rings. The zero-order valence-electron chi connectivity index (χ0n) is 13.8. The Morgan fingerprint density at radius 1 is 1.22 bits per heavy atom. The first kappa shape index (κ1) is 15.7. The van der Waals surface area contributed by atoms with E-state index < -0.39 is 0 Å². The third-order valence-corrected chi connectivity index (χ3v) is 4.15. The summed E-state index contributed by atoms with van der Waals surface area (Å²) in [5, 5.41) is 8.06. The molecule has 1 fully saturated rings. The molecule has 1 N–H and O–H groups in total. The van der Waals surface area contributed by atoms with Crippen LogP contribution >= 0.6 is 0 Å². The van der Waals surface area contributed by atoms with Crippen LogP contribution in [0.5, 0.6) is 17.2 Å². The SMILES string of the molecule is COc1ccc(OCc2cc(C3CCCN3)nn2C)cc1OC. The van der Waals surface area contributed by atoms with E-state index in [2.05, 4.69) is 16.5 Å². The smallest absolute Gasteiger partial charge is 0.164 e. The van der Waals surface area contributed by atoms with Crippen LogP contribution in [0.3, 0.4) is 0 Å². The van der Waals surface area contributed by atoms with Crippen LogP contribution in [-0.2, 0) is 13.7 Å². The number of ether oxygens (including phenoxy) is 3. The summed E-state index contributed by atoms with van der Waals surface area (Å²) in [5.41, 5.74) is 2.14. The molecule has 1 unspecified atom stereocenters. The van der Waals surface area contributed by atoms with Gasteiger partial charge in [-0.3, -0.25) is 4.68 Å². The number of aryl methyl sites for hydroxylation is 1. The van der Waals surface area contributed by atoms with Crippen molar-refractivity contribution >= 4 is 0 Å². The molecular formula is C17H23N3O3. The van der Waals surface area contributed by atoms with Crippen molar-refractivity contribution in [3.8, 4) is 17.2 Å². The predicted molar refractivity (Wildman–Crippen MR) is 87.1 cm³/mol. The number of aromatic nitrogens is 2. The van der Waals surface area contributed by atoms with E-state index in [1.807, 2.05) is 29.9 Å². The topological polar surface area (TPSA) is 57.5 Å². The van der Waals surface area contributed by atoms with Crippen molar-refractivity contribution in [1.29, 1.82) is 0 Å². The van der Waals surface area contributed by atoms with Crippen molar-refractivity contribution in [2.45, 2.75) is 25.5 Å². The molecule has 124 valence electrons. The van der Waals surface area contributed by atoms with Gasteiger partial charge in [0, 0.05) is 13.1 Å². The highest BCUT2D eigenvalue weighted by Gasteiger charge is 2.20. The van der Waals surface area contributed by atoms with Gasteiger partial charge in [0.2, 0.25) is 0 Å². The van der Waals surface area contributed by atoms with Gasteiger partial charge in [-0.05, 0) is 37.6 Å². The number of hydrogen-bond acceptors (Lipinski definition) is 5. The summed E-state index contributed by atoms with van der Waals surface area (Å²) in [4.78, 5) is 0. The van der Waals surface area contributed by atoms with E-state index >= 15 is 0 Å². The first-order valence-corrected chi connectivity index (χ1v) is 7.82. The Labute approximate surface area is 136 Å². The first-order chi connectivity index (χ1) is 11.2. The van der Waals surface area contributed by atoms with Gasteiger partial charge in [0.15, 0.2) is 11.5 Å². The highest BCUT2D eigenvalue weighted by atomic mass is 16.5. The second-order valence-corrected chi connectivity index (χ2v) is 5.64. The molecule has 1 aromatic heterocycles. The largest absolute Gasteiger partial charge is 0.493 e. The van der Waals surface area contributed by atoms with Crippen LogP contribution in [0.4, 0.5) is 0 Å². The molecule has 2 heterocycles. The molecule has 0 bridgehead atoms. The Morgan fingerprint density at radius 3 is 2.74 bits per heavy atom. The van der Waals surface area contributed by atoms with Gasteiger partial charge in [-0.2, -0.15) is 5.10 Å². The fraction of sp³-hybridized carbons (Fsp3) is 0.471. The maximum Gasteiger partial charge on any atom is 0.164 e. The maximum atomic E-state index is 5.87. The van der Waals surface area contributed by atoms with Gasteiger partial charge in [-0.15, -0.1) is 0 Å². The normalized spacial score (nSPS) is 17.3. The third-order valence-electron chi connectivity index (χ3n) is 4.15. The zero-order chi connectivity index (χ0) is 16.2. The van der Waals surface area contributed by atoms with Gasteiger partial charge in [-0.1, -0.05) is 0 Å². The predicted octanol–water partition coefficient (Wildman–Crippen LogP) is 2.44. The number of rotatable bonds is 6. The van der Waals surface area contributed by atoms with Gasteiger partial charge in [0.25, 0.3) is 0 Å². The molecule has 1 aromatic carbocycles. The second-order valence-electron chi connectivity index (χ2n) is 5.64. The van der Waals surface area contributed by atoms with Crippen LogP contribution in [-0.4, -0.2) is 30.5 Å². The van der Waals surface area contributed by atoms with Gasteiger partial charge < -0.3 is 19.5 Å². The summed E-state index contributed by atoms with van der Waals surface area (Å²) >= 11 is 0. The molecule has 1 atom stereocenters. The highest BCUT2D eigenvalue weighted by Crippen LogP contribution is 2.31. The quantitative estimate of drug-likeness (QED) is 0.887. The molecule has 23 heavy (non-hydrogen) atoms. The van der Waals surface area contributed by atoms with Crippen molar-refractivity contribution in [2.24, 2.45) is 7.05 Å². The fourth-order valence-electron chi connectivity index (χ4n) is 2.84. The molecule has 1 aliphatic heterocycles. The van der Waals surface area contributed by atoms with Crippen LogP contribution in [0.25, 0.3) is 0 Å². The molecule has 6 nitrogen and oxygen atoms in total. The number of nitrogens with zero attached hydrogens (tertiary/aromatic N) is 2. The molecule has 0 amide bonds. The first-order valence-electron chi connectivity index (χ1n) is 7.82. The van der Waals surface area contributed by atoms with Crippen molar-refractivity contribution in [3.63, 3.8) is 0 Å². The molecule has 0 aliphatic carbocycles. The Morgan fingerprint density at radius 2 is 2.04 bits per heavy atom. The highest BCUT2D eigenvalue weighted by molar-refractivity contribution is 5.45. The summed E-state index contributed by atoms with van der Waals surface area (Å²) in [6.07, 6.45) is 2.35. The lowest BCUT2D eigenvalue weighted by Crippen LogP contribution is -2.13. The molecular weight excluding hydrogens is 294 g/mol. The van der Waals surface area contributed by atoms with Crippen LogP contribution in [0, 0.1) is 0 Å². The monoisotopic (exact) mass is 317 g/mol. The molecule has 0 saturated carbocycles. The van der Waals surface area contributed by atoms with Crippen LogP contribution < -0.4 is 19.5 Å². The summed E-state index contributed by atoms with van der Waals surface area (Å²) in [6, 6.07) is 8.02. The lowest BCUT2D eigenvalue weighted by atomic mass is 10.1. The Kier molecular flexibility index (Phi) is 4.71. The maximum absolute atomic E-state index is 5.87. The van der Waals surface area contributed by atoms with Crippen molar-refractivity contribution in [1.82, 2.24) is 15.1 Å². The molecule has 1 saturated heterocycles. The van der Waals surface area contributed by atoms with Crippen molar-refractivity contribution in [3.05, 3.63) is 35.7 Å². The van der Waals surface area contributed by atoms with Gasteiger partial charge in [0.1, 0.15) is 12.4 Å². The van der Waals surface area contributed by atoms with Gasteiger partial charge in [-0.25, -0.2) is 0 Å². The van der Waals surface area contributed by atoms with Gasteiger partial charge in [0.05, 0.1) is 31.6 Å². The summed E-state index contributed by atoms with van der Waals surface area (Å²) in [7, 11) is 5.18. The lowest BCUT2D eigenvalue weighted by molar-refractivity contribution is 0.290. The van der Waals surface area contributed by atoms with E-state index in [1.165, 1.54) is 6.42 Å². The number of benzene rings is 1. The number of methoxy groups -OCH3 is 2. The summed E-state index contributed by atoms with van der Waals surface area (Å²) in [5.74, 6) is 2.09. The van der Waals surface area contributed by atoms with Crippen LogP contribution in [0.2, 0.25) is 0 Å². The minimum absolute atomic E-state index is 0.371. The van der Waals surface area contributed by atoms with E-state index in [1.54, 1.807) is 14.2 Å². The molecule has 3 rings (SSSR count). The number of nitrogens with one attached hydrogen (secondary N) is 1. The molecule has 2 aromatic rings. The van der Waals surface area contributed by atoms with E-state index in [0.29, 0.717) is 24.1 Å². The number of hydrogen-bond donors (Lipinski definition) is 1. The lowest BCUT2D eigenvalue weighted by Gasteiger charge is -2.10. The van der Waals surface area contributed by atoms with Crippen LogP contribution in [0.15, 0.2) is 24.3 Å². The summed E-state index contributed by atoms with van der Waals surface area (Å²) < 4.78 is 18.3. The van der Waals surface area contributed by atoms with E-state index in [-0.39, 0.29) is 0 Å². The Hall–Kier alpha value is -2.21. The minimum atomic E-state index is 0.371. The van der Waals surface area contributed by atoms with Crippen LogP contribution in [0.1, 0.15) is 30.3 Å². The van der Waals surface area contributed by atoms with E-state index in [0.717, 1.165) is 30.1 Å². The minimum Gasteiger partial charge on any atom is -0.493 e. The Balaban J connectivity index is 1.68. The van der Waals surface area contributed by atoms with E-state index in [4.69, 9.17) is 14.2 Å². The van der Waals surface area contributed by atoms with Crippen molar-refractivity contribution in [2.75, 3.05) is 20.8 Å². The second kappa shape index (κ2) is 6.91. The van der Waals surface area contributed by atoms with Crippen molar-refractivity contribution < 1.29 is 14.2 Å². The third kappa shape index (κ3) is 3.42.